The molecular weight excluding hydrogens is 352 g/mol. The van der Waals surface area contributed by atoms with Crippen LogP contribution >= 0.6 is 0 Å². The van der Waals surface area contributed by atoms with Crippen LogP contribution in [-0.4, -0.2) is 27.0 Å². The van der Waals surface area contributed by atoms with Gasteiger partial charge < -0.3 is 9.64 Å². The van der Waals surface area contributed by atoms with Gasteiger partial charge in [0.15, 0.2) is 0 Å². The van der Waals surface area contributed by atoms with Crippen LogP contribution in [0.5, 0.6) is 5.75 Å². The van der Waals surface area contributed by atoms with Crippen molar-refractivity contribution in [2.45, 2.75) is 37.7 Å². The molecule has 1 N–H and O–H groups in total. The first-order chi connectivity index (χ1) is 12.4. The number of amides is 1. The Hall–Kier alpha value is -2.54. The molecule has 2 aromatic rings. The normalized spacial score (nSPS) is 14.7. The van der Waals surface area contributed by atoms with Gasteiger partial charge in [0.05, 0.1) is 16.7 Å². The molecule has 0 aromatic heterocycles. The number of carbonyl (C=O) groups is 1. The van der Waals surface area contributed by atoms with Crippen LogP contribution < -0.4 is 14.4 Å². The topological polar surface area (TPSA) is 75.7 Å². The summed E-state index contributed by atoms with van der Waals surface area (Å²) in [6, 6.07) is 13.3. The minimum atomic E-state index is -3.76. The van der Waals surface area contributed by atoms with Crippen LogP contribution in [0.4, 0.5) is 11.4 Å². The number of rotatable bonds is 6. The van der Waals surface area contributed by atoms with Crippen molar-refractivity contribution >= 4 is 27.3 Å². The maximum absolute atomic E-state index is 12.7. The fourth-order valence-corrected chi connectivity index (χ4v) is 3.91. The third-order valence-corrected chi connectivity index (χ3v) is 5.41. The van der Waals surface area contributed by atoms with E-state index in [1.54, 1.807) is 41.3 Å². The number of sulfonamides is 1. The number of hydrogen-bond acceptors (Lipinski definition) is 4. The van der Waals surface area contributed by atoms with Crippen LogP contribution in [0.2, 0.25) is 0 Å². The average Bonchev–Trinajstić information content (AvgIpc) is 3.02. The lowest BCUT2D eigenvalue weighted by molar-refractivity contribution is -0.117. The van der Waals surface area contributed by atoms with Crippen molar-refractivity contribution in [3.8, 4) is 5.75 Å². The molecule has 7 heteroatoms. The summed E-state index contributed by atoms with van der Waals surface area (Å²) in [6.07, 6.45) is 1.29. The van der Waals surface area contributed by atoms with Gasteiger partial charge in [0, 0.05) is 18.7 Å². The molecule has 1 heterocycles. The number of ether oxygens (including phenoxy) is 1. The molecule has 0 radical (unpaired) electrons. The Balaban J connectivity index is 1.82. The van der Waals surface area contributed by atoms with Gasteiger partial charge in [-0.2, -0.15) is 0 Å². The van der Waals surface area contributed by atoms with Gasteiger partial charge in [0.1, 0.15) is 5.75 Å². The Morgan fingerprint density at radius 3 is 2.38 bits per heavy atom. The average molecular weight is 374 g/mol. The van der Waals surface area contributed by atoms with E-state index >= 15 is 0 Å². The highest BCUT2D eigenvalue weighted by Gasteiger charge is 2.23. The molecule has 2 aromatic carbocycles. The molecule has 138 valence electrons. The van der Waals surface area contributed by atoms with Crippen molar-refractivity contribution < 1.29 is 17.9 Å². The number of nitrogens with one attached hydrogen (secondary N) is 1. The van der Waals surface area contributed by atoms with E-state index in [0.29, 0.717) is 24.4 Å². The van der Waals surface area contributed by atoms with Gasteiger partial charge in [-0.15, -0.1) is 0 Å². The van der Waals surface area contributed by atoms with E-state index in [-0.39, 0.29) is 16.9 Å². The predicted octanol–water partition coefficient (Wildman–Crippen LogP) is 3.40. The summed E-state index contributed by atoms with van der Waals surface area (Å²) in [5.74, 6) is 0.545. The zero-order valence-corrected chi connectivity index (χ0v) is 15.6. The molecule has 0 bridgehead atoms. The number of anilines is 2. The van der Waals surface area contributed by atoms with Crippen LogP contribution in [0.25, 0.3) is 0 Å². The molecule has 1 saturated heterocycles. The van der Waals surface area contributed by atoms with E-state index < -0.39 is 10.0 Å². The van der Waals surface area contributed by atoms with Crippen molar-refractivity contribution in [1.82, 2.24) is 0 Å². The lowest BCUT2D eigenvalue weighted by atomic mass is 10.3. The molecule has 3 rings (SSSR count). The zero-order chi connectivity index (χ0) is 18.7. The van der Waals surface area contributed by atoms with E-state index in [0.717, 1.165) is 12.1 Å². The lowest BCUT2D eigenvalue weighted by Crippen LogP contribution is -2.23. The van der Waals surface area contributed by atoms with E-state index in [1.807, 2.05) is 13.8 Å². The second kappa shape index (κ2) is 7.37. The monoisotopic (exact) mass is 374 g/mol. The Kier molecular flexibility index (Phi) is 5.18. The fourth-order valence-electron chi connectivity index (χ4n) is 2.84. The number of nitrogens with zero attached hydrogens (tertiary/aromatic N) is 1. The molecule has 0 aliphatic carbocycles. The van der Waals surface area contributed by atoms with Gasteiger partial charge in [-0.05, 0) is 56.7 Å². The zero-order valence-electron chi connectivity index (χ0n) is 14.8. The summed E-state index contributed by atoms with van der Waals surface area (Å²) in [4.78, 5) is 13.6. The summed E-state index contributed by atoms with van der Waals surface area (Å²) >= 11 is 0. The molecular formula is C19H22N2O4S. The molecule has 6 nitrogen and oxygen atoms in total. The van der Waals surface area contributed by atoms with Crippen molar-refractivity contribution in [1.29, 1.82) is 0 Å². The largest absolute Gasteiger partial charge is 0.489 e. The molecule has 0 atom stereocenters. The highest BCUT2D eigenvalue weighted by atomic mass is 32.2. The van der Waals surface area contributed by atoms with E-state index in [1.165, 1.54) is 12.1 Å². The minimum absolute atomic E-state index is 0.0680. The Bertz CT molecular complexity index is 892. The van der Waals surface area contributed by atoms with E-state index in [2.05, 4.69) is 4.72 Å². The quantitative estimate of drug-likeness (QED) is 0.841. The van der Waals surface area contributed by atoms with Gasteiger partial charge >= 0.3 is 0 Å². The third-order valence-electron chi connectivity index (χ3n) is 4.03. The molecule has 1 aliphatic heterocycles. The van der Waals surface area contributed by atoms with Crippen LogP contribution in [0.3, 0.4) is 0 Å². The highest BCUT2D eigenvalue weighted by molar-refractivity contribution is 7.92. The standard InChI is InChI=1S/C19H22N2O4S/c1-14(2)25-18-7-4-3-6-17(18)20-26(23,24)16-11-9-15(10-12-16)21-13-5-8-19(21)22/h3-4,6-7,9-12,14,20H,5,8,13H2,1-2H3. The first kappa shape index (κ1) is 18.3. The smallest absolute Gasteiger partial charge is 0.262 e. The van der Waals surface area contributed by atoms with Crippen molar-refractivity contribution in [2.24, 2.45) is 0 Å². The van der Waals surface area contributed by atoms with Crippen molar-refractivity contribution in [3.05, 3.63) is 48.5 Å². The number of benzene rings is 2. The first-order valence-electron chi connectivity index (χ1n) is 8.56. The number of para-hydroxylation sites is 2. The van der Waals surface area contributed by atoms with Gasteiger partial charge in [-0.3, -0.25) is 9.52 Å². The molecule has 1 aliphatic rings. The van der Waals surface area contributed by atoms with E-state index in [9.17, 15) is 13.2 Å². The predicted molar refractivity (Wildman–Crippen MR) is 101 cm³/mol. The summed E-state index contributed by atoms with van der Waals surface area (Å²) in [7, 11) is -3.76. The maximum atomic E-state index is 12.7. The molecule has 0 saturated carbocycles. The highest BCUT2D eigenvalue weighted by Crippen LogP contribution is 2.28. The minimum Gasteiger partial charge on any atom is -0.489 e. The third kappa shape index (κ3) is 3.99. The SMILES string of the molecule is CC(C)Oc1ccccc1NS(=O)(=O)c1ccc(N2CCCC2=O)cc1. The van der Waals surface area contributed by atoms with Gasteiger partial charge in [-0.25, -0.2) is 8.42 Å². The van der Waals surface area contributed by atoms with Crippen molar-refractivity contribution in [3.63, 3.8) is 0 Å². The Morgan fingerprint density at radius 1 is 1.08 bits per heavy atom. The number of carbonyl (C=O) groups excluding carboxylic acids is 1. The summed E-state index contributed by atoms with van der Waals surface area (Å²) < 4.78 is 33.6. The van der Waals surface area contributed by atoms with Gasteiger partial charge in [0.25, 0.3) is 10.0 Å². The second-order valence-corrected chi connectivity index (χ2v) is 8.09. The Morgan fingerprint density at radius 2 is 1.77 bits per heavy atom. The fraction of sp³-hybridized carbons (Fsp3) is 0.316. The van der Waals surface area contributed by atoms with Crippen LogP contribution in [-0.2, 0) is 14.8 Å². The summed E-state index contributed by atoms with van der Waals surface area (Å²) in [6.45, 7) is 4.43. The summed E-state index contributed by atoms with van der Waals surface area (Å²) in [5.41, 5.74) is 1.11. The van der Waals surface area contributed by atoms with Crippen LogP contribution in [0.15, 0.2) is 53.4 Å². The van der Waals surface area contributed by atoms with Gasteiger partial charge in [0.2, 0.25) is 5.91 Å². The van der Waals surface area contributed by atoms with Gasteiger partial charge in [-0.1, -0.05) is 12.1 Å². The second-order valence-electron chi connectivity index (χ2n) is 6.41. The molecule has 1 amide bonds. The van der Waals surface area contributed by atoms with Crippen LogP contribution in [0, 0.1) is 0 Å². The maximum Gasteiger partial charge on any atom is 0.262 e. The Labute approximate surface area is 153 Å². The molecule has 0 unspecified atom stereocenters. The molecule has 0 spiro atoms. The number of hydrogen-bond donors (Lipinski definition) is 1. The summed E-state index contributed by atoms with van der Waals surface area (Å²) in [5, 5.41) is 0. The first-order valence-corrected chi connectivity index (χ1v) is 10.0. The van der Waals surface area contributed by atoms with Crippen molar-refractivity contribution in [2.75, 3.05) is 16.2 Å². The molecule has 26 heavy (non-hydrogen) atoms. The molecule has 1 fully saturated rings. The van der Waals surface area contributed by atoms with Crippen LogP contribution in [0.1, 0.15) is 26.7 Å². The lowest BCUT2D eigenvalue weighted by Gasteiger charge is -2.17. The van der Waals surface area contributed by atoms with E-state index in [4.69, 9.17) is 4.74 Å².